The minimum atomic E-state index is 0.310. The lowest BCUT2D eigenvalue weighted by Crippen LogP contribution is -2.56. The van der Waals surface area contributed by atoms with Crippen molar-refractivity contribution in [3.63, 3.8) is 0 Å². The van der Waals surface area contributed by atoms with Gasteiger partial charge in [0, 0.05) is 25.2 Å². The molecular weight excluding hydrogens is 210 g/mol. The molecule has 0 bridgehead atoms. The highest BCUT2D eigenvalue weighted by molar-refractivity contribution is 4.94. The van der Waals surface area contributed by atoms with E-state index in [1.165, 1.54) is 45.1 Å². The summed E-state index contributed by atoms with van der Waals surface area (Å²) in [6.45, 7) is 6.61. The molecule has 0 atom stereocenters. The molecule has 0 unspecified atom stereocenters. The van der Waals surface area contributed by atoms with Gasteiger partial charge in [-0.15, -0.1) is 0 Å². The van der Waals surface area contributed by atoms with Gasteiger partial charge in [0.05, 0.1) is 0 Å². The fourth-order valence-corrected chi connectivity index (χ4v) is 3.04. The monoisotopic (exact) mass is 241 g/mol. The van der Waals surface area contributed by atoms with Gasteiger partial charge in [-0.2, -0.15) is 0 Å². The molecular formula is C14H31N3. The van der Waals surface area contributed by atoms with Crippen molar-refractivity contribution in [2.75, 3.05) is 40.3 Å². The van der Waals surface area contributed by atoms with E-state index < -0.39 is 0 Å². The van der Waals surface area contributed by atoms with Crippen LogP contribution in [0.25, 0.3) is 0 Å². The molecule has 0 heterocycles. The normalized spacial score (nSPS) is 20.1. The highest BCUT2D eigenvalue weighted by atomic mass is 15.2. The molecule has 0 radical (unpaired) electrons. The van der Waals surface area contributed by atoms with E-state index >= 15 is 0 Å². The Hall–Kier alpha value is -0.120. The fraction of sp³-hybridized carbons (Fsp3) is 1.00. The standard InChI is InChI=1S/C14H31N3/c1-4-10-17(12-11-16(2)3)14(13-15)8-6-5-7-9-14/h4-13,15H2,1-3H3. The second-order valence-corrected chi connectivity index (χ2v) is 5.78. The predicted molar refractivity (Wildman–Crippen MR) is 75.3 cm³/mol. The smallest absolute Gasteiger partial charge is 0.0332 e. The Kier molecular flexibility index (Phi) is 6.45. The summed E-state index contributed by atoms with van der Waals surface area (Å²) in [7, 11) is 4.31. The lowest BCUT2D eigenvalue weighted by Gasteiger charge is -2.46. The fourth-order valence-electron chi connectivity index (χ4n) is 3.04. The molecule has 3 nitrogen and oxygen atoms in total. The molecule has 0 spiro atoms. The van der Waals surface area contributed by atoms with Crippen molar-refractivity contribution in [2.24, 2.45) is 5.73 Å². The minimum absolute atomic E-state index is 0.310. The molecule has 1 fully saturated rings. The van der Waals surface area contributed by atoms with Gasteiger partial charge in [0.2, 0.25) is 0 Å². The quantitative estimate of drug-likeness (QED) is 0.739. The first-order chi connectivity index (χ1) is 8.14. The molecule has 1 saturated carbocycles. The van der Waals surface area contributed by atoms with Gasteiger partial charge in [0.15, 0.2) is 0 Å². The first-order valence-electron chi connectivity index (χ1n) is 7.24. The van der Waals surface area contributed by atoms with Crippen molar-refractivity contribution in [1.82, 2.24) is 9.80 Å². The highest BCUT2D eigenvalue weighted by Gasteiger charge is 2.35. The molecule has 3 heteroatoms. The largest absolute Gasteiger partial charge is 0.329 e. The molecule has 17 heavy (non-hydrogen) atoms. The Morgan fingerprint density at radius 1 is 1.00 bits per heavy atom. The van der Waals surface area contributed by atoms with E-state index in [9.17, 15) is 0 Å². The highest BCUT2D eigenvalue weighted by Crippen LogP contribution is 2.32. The molecule has 0 aromatic heterocycles. The van der Waals surface area contributed by atoms with Gasteiger partial charge in [-0.1, -0.05) is 26.2 Å². The van der Waals surface area contributed by atoms with Crippen LogP contribution in [0.3, 0.4) is 0 Å². The summed E-state index contributed by atoms with van der Waals surface area (Å²) in [5, 5.41) is 0. The van der Waals surface area contributed by atoms with Crippen LogP contribution in [0.15, 0.2) is 0 Å². The van der Waals surface area contributed by atoms with E-state index in [1.807, 2.05) is 0 Å². The molecule has 2 N–H and O–H groups in total. The third-order valence-electron chi connectivity index (χ3n) is 4.15. The maximum Gasteiger partial charge on any atom is 0.0332 e. The Bertz CT molecular complexity index is 198. The summed E-state index contributed by atoms with van der Waals surface area (Å²) in [6.07, 6.45) is 7.96. The van der Waals surface area contributed by atoms with E-state index in [2.05, 4.69) is 30.8 Å². The third kappa shape index (κ3) is 4.23. The Labute approximate surface area is 107 Å². The van der Waals surface area contributed by atoms with Crippen LogP contribution >= 0.6 is 0 Å². The molecule has 0 saturated heterocycles. The maximum absolute atomic E-state index is 6.12. The summed E-state index contributed by atoms with van der Waals surface area (Å²) in [5.41, 5.74) is 6.43. The van der Waals surface area contributed by atoms with E-state index in [4.69, 9.17) is 5.73 Å². The Balaban J connectivity index is 2.63. The van der Waals surface area contributed by atoms with E-state index in [1.54, 1.807) is 0 Å². The summed E-state index contributed by atoms with van der Waals surface area (Å²) < 4.78 is 0. The first kappa shape index (κ1) is 14.9. The van der Waals surface area contributed by atoms with Crippen LogP contribution in [0.1, 0.15) is 45.4 Å². The number of nitrogens with zero attached hydrogens (tertiary/aromatic N) is 2. The number of nitrogens with two attached hydrogens (primary N) is 1. The van der Waals surface area contributed by atoms with Gasteiger partial charge in [-0.25, -0.2) is 0 Å². The number of rotatable bonds is 7. The van der Waals surface area contributed by atoms with Crippen molar-refractivity contribution in [2.45, 2.75) is 51.0 Å². The summed E-state index contributed by atoms with van der Waals surface area (Å²) in [5.74, 6) is 0. The van der Waals surface area contributed by atoms with Crippen molar-refractivity contribution in [3.8, 4) is 0 Å². The lowest BCUT2D eigenvalue weighted by molar-refractivity contribution is 0.0512. The molecule has 102 valence electrons. The lowest BCUT2D eigenvalue weighted by atomic mass is 9.80. The van der Waals surface area contributed by atoms with E-state index in [0.717, 1.165) is 19.6 Å². The average molecular weight is 241 g/mol. The van der Waals surface area contributed by atoms with Crippen LogP contribution in [0, 0.1) is 0 Å². The Morgan fingerprint density at radius 2 is 1.65 bits per heavy atom. The van der Waals surface area contributed by atoms with Gasteiger partial charge < -0.3 is 10.6 Å². The summed E-state index contributed by atoms with van der Waals surface area (Å²) in [4.78, 5) is 4.95. The van der Waals surface area contributed by atoms with Gasteiger partial charge in [0.1, 0.15) is 0 Å². The van der Waals surface area contributed by atoms with Crippen molar-refractivity contribution in [1.29, 1.82) is 0 Å². The molecule has 0 aliphatic heterocycles. The van der Waals surface area contributed by atoms with Gasteiger partial charge >= 0.3 is 0 Å². The van der Waals surface area contributed by atoms with Crippen molar-refractivity contribution in [3.05, 3.63) is 0 Å². The van der Waals surface area contributed by atoms with Crippen molar-refractivity contribution < 1.29 is 0 Å². The zero-order chi connectivity index (χ0) is 12.7. The number of likely N-dealkylation sites (N-methyl/N-ethyl adjacent to an activating group) is 1. The van der Waals surface area contributed by atoms with E-state index in [-0.39, 0.29) is 0 Å². The second kappa shape index (κ2) is 7.34. The van der Waals surface area contributed by atoms with Crippen molar-refractivity contribution >= 4 is 0 Å². The minimum Gasteiger partial charge on any atom is -0.329 e. The van der Waals surface area contributed by atoms with Crippen LogP contribution in [-0.4, -0.2) is 55.6 Å². The second-order valence-electron chi connectivity index (χ2n) is 5.78. The molecule has 0 aromatic carbocycles. The molecule has 0 aromatic rings. The molecule has 0 amide bonds. The average Bonchev–Trinajstić information content (AvgIpc) is 2.35. The van der Waals surface area contributed by atoms with Crippen LogP contribution < -0.4 is 5.73 Å². The van der Waals surface area contributed by atoms with Gasteiger partial charge in [0.25, 0.3) is 0 Å². The van der Waals surface area contributed by atoms with Crippen LogP contribution in [0.5, 0.6) is 0 Å². The summed E-state index contributed by atoms with van der Waals surface area (Å²) in [6, 6.07) is 0. The van der Waals surface area contributed by atoms with E-state index in [0.29, 0.717) is 5.54 Å². The third-order valence-corrected chi connectivity index (χ3v) is 4.15. The molecule has 1 aliphatic rings. The zero-order valence-electron chi connectivity index (χ0n) is 12.0. The Morgan fingerprint density at radius 3 is 2.12 bits per heavy atom. The van der Waals surface area contributed by atoms with Crippen LogP contribution in [-0.2, 0) is 0 Å². The SMILES string of the molecule is CCCN(CCN(C)C)C1(CN)CCCCC1. The first-order valence-corrected chi connectivity index (χ1v) is 7.24. The zero-order valence-corrected chi connectivity index (χ0v) is 12.0. The van der Waals surface area contributed by atoms with Crippen LogP contribution in [0.4, 0.5) is 0 Å². The molecule has 1 rings (SSSR count). The van der Waals surface area contributed by atoms with Gasteiger partial charge in [-0.05, 0) is 39.9 Å². The summed E-state index contributed by atoms with van der Waals surface area (Å²) >= 11 is 0. The van der Waals surface area contributed by atoms with Gasteiger partial charge in [-0.3, -0.25) is 4.90 Å². The number of hydrogen-bond donors (Lipinski definition) is 1. The molecule has 1 aliphatic carbocycles. The predicted octanol–water partition coefficient (Wildman–Crippen LogP) is 1.92. The topological polar surface area (TPSA) is 32.5 Å². The number of hydrogen-bond acceptors (Lipinski definition) is 3. The van der Waals surface area contributed by atoms with Crippen LogP contribution in [0.2, 0.25) is 0 Å². The maximum atomic E-state index is 6.12.